The standard InChI is InChI=1S/C16H24N2O2/c1-3-20-14-9-11-18(12-10-14)15(19)16(2,17)13-7-5-4-6-8-13/h4-8,14H,3,9-12,17H2,1-2H3. The molecule has 2 N–H and O–H groups in total. The number of likely N-dealkylation sites (tertiary alicyclic amines) is 1. The van der Waals surface area contributed by atoms with Gasteiger partial charge in [-0.3, -0.25) is 4.79 Å². The summed E-state index contributed by atoms with van der Waals surface area (Å²) in [5.74, 6) is -0.00125. The Labute approximate surface area is 120 Å². The molecule has 0 spiro atoms. The molecule has 110 valence electrons. The van der Waals surface area contributed by atoms with Gasteiger partial charge >= 0.3 is 0 Å². The highest BCUT2D eigenvalue weighted by Gasteiger charge is 2.36. The van der Waals surface area contributed by atoms with Crippen LogP contribution in [0.2, 0.25) is 0 Å². The first-order chi connectivity index (χ1) is 9.55. The summed E-state index contributed by atoms with van der Waals surface area (Å²) in [5, 5.41) is 0. The fourth-order valence-electron chi connectivity index (χ4n) is 2.70. The van der Waals surface area contributed by atoms with E-state index in [1.165, 1.54) is 0 Å². The molecule has 4 nitrogen and oxygen atoms in total. The fourth-order valence-corrected chi connectivity index (χ4v) is 2.70. The monoisotopic (exact) mass is 276 g/mol. The summed E-state index contributed by atoms with van der Waals surface area (Å²) in [6, 6.07) is 9.57. The van der Waals surface area contributed by atoms with E-state index in [1.54, 1.807) is 6.92 Å². The van der Waals surface area contributed by atoms with Gasteiger partial charge < -0.3 is 15.4 Å². The normalized spacial score (nSPS) is 19.6. The van der Waals surface area contributed by atoms with Gasteiger partial charge in [0.15, 0.2) is 0 Å². The van der Waals surface area contributed by atoms with Crippen LogP contribution in [0.5, 0.6) is 0 Å². The first kappa shape index (κ1) is 15.0. The van der Waals surface area contributed by atoms with Crippen molar-refractivity contribution in [3.8, 4) is 0 Å². The van der Waals surface area contributed by atoms with Gasteiger partial charge in [-0.05, 0) is 32.3 Å². The lowest BCUT2D eigenvalue weighted by atomic mass is 9.90. The Bertz CT molecular complexity index is 437. The Morgan fingerprint density at radius 1 is 1.35 bits per heavy atom. The first-order valence-electron chi connectivity index (χ1n) is 7.31. The number of rotatable bonds is 4. The highest BCUT2D eigenvalue weighted by atomic mass is 16.5. The van der Waals surface area contributed by atoms with Crippen LogP contribution in [0.3, 0.4) is 0 Å². The maximum atomic E-state index is 12.6. The van der Waals surface area contributed by atoms with Gasteiger partial charge in [0.2, 0.25) is 5.91 Å². The Hall–Kier alpha value is -1.39. The van der Waals surface area contributed by atoms with Gasteiger partial charge in [-0.25, -0.2) is 0 Å². The van der Waals surface area contributed by atoms with E-state index in [-0.39, 0.29) is 12.0 Å². The van der Waals surface area contributed by atoms with Gasteiger partial charge in [0, 0.05) is 19.7 Å². The molecule has 0 saturated carbocycles. The predicted molar refractivity (Wildman–Crippen MR) is 79.2 cm³/mol. The minimum atomic E-state index is -0.959. The highest BCUT2D eigenvalue weighted by molar-refractivity contribution is 5.87. The van der Waals surface area contributed by atoms with Crippen molar-refractivity contribution >= 4 is 5.91 Å². The molecule has 1 aliphatic heterocycles. The number of nitrogens with zero attached hydrogens (tertiary/aromatic N) is 1. The number of nitrogens with two attached hydrogens (primary N) is 1. The van der Waals surface area contributed by atoms with Crippen molar-refractivity contribution in [1.29, 1.82) is 0 Å². The molecule has 1 amide bonds. The predicted octanol–water partition coefficient (Wildman–Crippen LogP) is 1.89. The average molecular weight is 276 g/mol. The minimum Gasteiger partial charge on any atom is -0.378 e. The number of piperidine rings is 1. The number of carbonyl (C=O) groups is 1. The quantitative estimate of drug-likeness (QED) is 0.913. The average Bonchev–Trinajstić information content (AvgIpc) is 2.48. The second-order valence-electron chi connectivity index (χ2n) is 5.52. The number of amides is 1. The highest BCUT2D eigenvalue weighted by Crippen LogP contribution is 2.23. The molecule has 2 rings (SSSR count). The molecule has 1 aliphatic rings. The molecular weight excluding hydrogens is 252 g/mol. The zero-order valence-corrected chi connectivity index (χ0v) is 12.3. The van der Waals surface area contributed by atoms with Crippen molar-refractivity contribution in [2.24, 2.45) is 5.73 Å². The minimum absolute atomic E-state index is 0.00125. The Morgan fingerprint density at radius 2 is 1.95 bits per heavy atom. The van der Waals surface area contributed by atoms with Gasteiger partial charge in [0.25, 0.3) is 0 Å². The van der Waals surface area contributed by atoms with Crippen LogP contribution < -0.4 is 5.73 Å². The van der Waals surface area contributed by atoms with Crippen molar-refractivity contribution < 1.29 is 9.53 Å². The zero-order valence-electron chi connectivity index (χ0n) is 12.3. The smallest absolute Gasteiger partial charge is 0.246 e. The molecule has 0 radical (unpaired) electrons. The largest absolute Gasteiger partial charge is 0.378 e. The van der Waals surface area contributed by atoms with E-state index in [4.69, 9.17) is 10.5 Å². The lowest BCUT2D eigenvalue weighted by Crippen LogP contribution is -2.53. The summed E-state index contributed by atoms with van der Waals surface area (Å²) in [7, 11) is 0. The van der Waals surface area contributed by atoms with E-state index in [2.05, 4.69) is 0 Å². The van der Waals surface area contributed by atoms with E-state index >= 15 is 0 Å². The lowest BCUT2D eigenvalue weighted by Gasteiger charge is -2.36. The Morgan fingerprint density at radius 3 is 2.50 bits per heavy atom. The number of carbonyl (C=O) groups excluding carboxylic acids is 1. The molecule has 4 heteroatoms. The Balaban J connectivity index is 2.01. The second-order valence-corrected chi connectivity index (χ2v) is 5.52. The van der Waals surface area contributed by atoms with Gasteiger partial charge in [0.05, 0.1) is 6.10 Å². The summed E-state index contributed by atoms with van der Waals surface area (Å²) in [6.45, 7) is 5.98. The van der Waals surface area contributed by atoms with E-state index in [0.29, 0.717) is 0 Å². The summed E-state index contributed by atoms with van der Waals surface area (Å²) < 4.78 is 5.61. The second kappa shape index (κ2) is 6.37. The molecule has 1 aromatic carbocycles. The molecule has 0 aromatic heterocycles. The van der Waals surface area contributed by atoms with Crippen LogP contribution in [0, 0.1) is 0 Å². The van der Waals surface area contributed by atoms with Crippen LogP contribution in [0.15, 0.2) is 30.3 Å². The van der Waals surface area contributed by atoms with Crippen LogP contribution in [0.25, 0.3) is 0 Å². The molecule has 1 unspecified atom stereocenters. The van der Waals surface area contributed by atoms with Crippen molar-refractivity contribution in [3.63, 3.8) is 0 Å². The van der Waals surface area contributed by atoms with Gasteiger partial charge in [-0.2, -0.15) is 0 Å². The number of ether oxygens (including phenoxy) is 1. The third kappa shape index (κ3) is 3.19. The van der Waals surface area contributed by atoms with Crippen molar-refractivity contribution in [3.05, 3.63) is 35.9 Å². The van der Waals surface area contributed by atoms with Crippen LogP contribution in [0.1, 0.15) is 32.3 Å². The van der Waals surface area contributed by atoms with E-state index in [0.717, 1.165) is 38.1 Å². The molecule has 1 atom stereocenters. The van der Waals surface area contributed by atoms with E-state index in [1.807, 2.05) is 42.2 Å². The van der Waals surface area contributed by atoms with Crippen molar-refractivity contribution in [2.75, 3.05) is 19.7 Å². The van der Waals surface area contributed by atoms with Gasteiger partial charge in [-0.15, -0.1) is 0 Å². The van der Waals surface area contributed by atoms with E-state index in [9.17, 15) is 4.79 Å². The molecular formula is C16H24N2O2. The molecule has 1 heterocycles. The van der Waals surface area contributed by atoms with Crippen LogP contribution in [0.4, 0.5) is 0 Å². The topological polar surface area (TPSA) is 55.6 Å². The molecule has 1 aromatic rings. The summed E-state index contributed by atoms with van der Waals surface area (Å²) >= 11 is 0. The Kier molecular flexibility index (Phi) is 4.78. The summed E-state index contributed by atoms with van der Waals surface area (Å²) in [6.07, 6.45) is 2.07. The number of hydrogen-bond acceptors (Lipinski definition) is 3. The van der Waals surface area contributed by atoms with Gasteiger partial charge in [0.1, 0.15) is 5.54 Å². The zero-order chi connectivity index (χ0) is 14.6. The summed E-state index contributed by atoms with van der Waals surface area (Å²) in [4.78, 5) is 14.5. The molecule has 1 saturated heterocycles. The third-order valence-corrected chi connectivity index (χ3v) is 3.95. The maximum Gasteiger partial charge on any atom is 0.246 e. The SMILES string of the molecule is CCOC1CCN(C(=O)C(C)(N)c2ccccc2)CC1. The lowest BCUT2D eigenvalue weighted by molar-refractivity contribution is -0.139. The van der Waals surface area contributed by atoms with Crippen LogP contribution >= 0.6 is 0 Å². The molecule has 1 fully saturated rings. The molecule has 20 heavy (non-hydrogen) atoms. The van der Waals surface area contributed by atoms with Crippen molar-refractivity contribution in [1.82, 2.24) is 4.90 Å². The maximum absolute atomic E-state index is 12.6. The number of hydrogen-bond donors (Lipinski definition) is 1. The fraction of sp³-hybridized carbons (Fsp3) is 0.562. The molecule has 0 bridgehead atoms. The first-order valence-corrected chi connectivity index (χ1v) is 7.31. The third-order valence-electron chi connectivity index (χ3n) is 3.95. The van der Waals surface area contributed by atoms with Crippen LogP contribution in [-0.2, 0) is 15.1 Å². The van der Waals surface area contributed by atoms with Gasteiger partial charge in [-0.1, -0.05) is 30.3 Å². The summed E-state index contributed by atoms with van der Waals surface area (Å²) in [5.41, 5.74) is 6.18. The van der Waals surface area contributed by atoms with Crippen LogP contribution in [-0.4, -0.2) is 36.6 Å². The number of benzene rings is 1. The van der Waals surface area contributed by atoms with E-state index < -0.39 is 5.54 Å². The molecule has 0 aliphatic carbocycles. The van der Waals surface area contributed by atoms with Crippen molar-refractivity contribution in [2.45, 2.75) is 38.3 Å².